The van der Waals surface area contributed by atoms with E-state index in [-0.39, 0.29) is 69.9 Å². The van der Waals surface area contributed by atoms with E-state index in [2.05, 4.69) is 5.32 Å². The van der Waals surface area contributed by atoms with Gasteiger partial charge in [-0.05, 0) is 0 Å². The number of hydrogen-bond donors (Lipinski definition) is 2. The number of hydrogen-bond acceptors (Lipinski definition) is 5. The Hall–Kier alpha value is 0.768. The van der Waals surface area contributed by atoms with Crippen molar-refractivity contribution in [2.24, 2.45) is 5.73 Å². The van der Waals surface area contributed by atoms with Crippen LogP contribution in [0, 0.1) is 0 Å². The van der Waals surface area contributed by atoms with E-state index in [4.69, 9.17) is 5.73 Å². The van der Waals surface area contributed by atoms with E-state index in [1.165, 1.54) is 24.3 Å². The molecule has 1 aromatic rings. The second-order valence-electron chi connectivity index (χ2n) is 3.19. The first kappa shape index (κ1) is 21.1. The normalized spacial score (nSPS) is 9.89. The monoisotopic (exact) mass is 332 g/mol. The Bertz CT molecular complexity index is 421. The third-order valence-electron chi connectivity index (χ3n) is 1.88. The standard InChI is InChI=1S/C9H13AsN2O4.2Na/c11-9(13)5-6-12-8-3-1-7(2-4-8)10(14,15)16;;/h1-4,12H,5-6H2,(H2,11,13)(H2,14,15,16);;/q;2*+1/p-2. The second kappa shape index (κ2) is 9.64. The van der Waals surface area contributed by atoms with Crippen LogP contribution in [0.25, 0.3) is 0 Å². The van der Waals surface area contributed by atoms with Gasteiger partial charge in [-0.2, -0.15) is 0 Å². The summed E-state index contributed by atoms with van der Waals surface area (Å²) >= 11 is -5.28. The molecular formula is C9H11AsN2Na2O4. The van der Waals surface area contributed by atoms with Gasteiger partial charge in [0.05, 0.1) is 0 Å². The van der Waals surface area contributed by atoms with Gasteiger partial charge in [-0.1, -0.05) is 0 Å². The molecule has 0 fully saturated rings. The van der Waals surface area contributed by atoms with E-state index < -0.39 is 20.1 Å². The number of benzene rings is 1. The molecule has 0 heterocycles. The van der Waals surface area contributed by atoms with Crippen LogP contribution >= 0.6 is 0 Å². The first-order valence-corrected chi connectivity index (χ1v) is 7.78. The molecule has 0 aliphatic carbocycles. The molecule has 0 spiro atoms. The molecule has 1 aromatic carbocycles. The van der Waals surface area contributed by atoms with Gasteiger partial charge < -0.3 is 0 Å². The van der Waals surface area contributed by atoms with E-state index in [0.29, 0.717) is 12.2 Å². The molecule has 6 nitrogen and oxygen atoms in total. The third-order valence-corrected chi connectivity index (χ3v) is 3.84. The van der Waals surface area contributed by atoms with Crippen LogP contribution in [0.1, 0.15) is 6.42 Å². The van der Waals surface area contributed by atoms with Crippen molar-refractivity contribution in [2.75, 3.05) is 11.9 Å². The van der Waals surface area contributed by atoms with Crippen LogP contribution in [0.2, 0.25) is 0 Å². The Morgan fingerprint density at radius 3 is 2.11 bits per heavy atom. The second-order valence-corrected chi connectivity index (χ2v) is 6.36. The summed E-state index contributed by atoms with van der Waals surface area (Å²) in [5.41, 5.74) is 5.58. The molecule has 1 amide bonds. The van der Waals surface area contributed by atoms with Crippen LogP contribution in [0.5, 0.6) is 0 Å². The van der Waals surface area contributed by atoms with Crippen molar-refractivity contribution in [2.45, 2.75) is 6.42 Å². The number of nitrogens with one attached hydrogen (secondary N) is 1. The molecule has 3 N–H and O–H groups in total. The van der Waals surface area contributed by atoms with E-state index in [1.54, 1.807) is 0 Å². The number of nitrogens with two attached hydrogens (primary N) is 1. The smallest absolute Gasteiger partial charge is 1.00 e. The van der Waals surface area contributed by atoms with Crippen molar-refractivity contribution in [1.82, 2.24) is 0 Å². The minimum absolute atomic E-state index is 0. The third kappa shape index (κ3) is 8.04. The topological polar surface area (TPSA) is 118 Å². The number of anilines is 1. The van der Waals surface area contributed by atoms with Crippen LogP contribution in [0.3, 0.4) is 0 Å². The summed E-state index contributed by atoms with van der Waals surface area (Å²) in [6.07, 6.45) is 0.188. The summed E-state index contributed by atoms with van der Waals surface area (Å²) in [7, 11) is 0. The van der Waals surface area contributed by atoms with E-state index in [0.717, 1.165) is 0 Å². The summed E-state index contributed by atoms with van der Waals surface area (Å²) in [5, 5.41) is 2.87. The fourth-order valence-corrected chi connectivity index (χ4v) is 2.17. The summed E-state index contributed by atoms with van der Waals surface area (Å²) in [6.45, 7) is 0.367. The molecule has 0 unspecified atom stereocenters. The Labute approximate surface area is 152 Å². The molecule has 0 atom stereocenters. The van der Waals surface area contributed by atoms with E-state index in [1.807, 2.05) is 0 Å². The van der Waals surface area contributed by atoms with Gasteiger partial charge in [-0.3, -0.25) is 0 Å². The molecule has 18 heavy (non-hydrogen) atoms. The maximum atomic E-state index is 10.7. The summed E-state index contributed by atoms with van der Waals surface area (Å²) in [4.78, 5) is 10.4. The SMILES string of the molecule is NC(=O)CCNc1ccc([As](=O)([O-])[O-])cc1.[Na+].[Na+]. The van der Waals surface area contributed by atoms with Crippen molar-refractivity contribution >= 4 is 30.1 Å². The minimum atomic E-state index is -5.28. The fraction of sp³-hybridized carbons (Fsp3) is 0.222. The van der Waals surface area contributed by atoms with Crippen LogP contribution in [0.4, 0.5) is 5.69 Å². The van der Waals surface area contributed by atoms with Gasteiger partial charge >= 0.3 is 154 Å². The molecule has 1 rings (SSSR count). The summed E-state index contributed by atoms with van der Waals surface area (Å²) < 4.78 is 31.9. The van der Waals surface area contributed by atoms with Crippen molar-refractivity contribution in [3.8, 4) is 0 Å². The van der Waals surface area contributed by atoms with Crippen molar-refractivity contribution < 1.29 is 75.8 Å². The van der Waals surface area contributed by atoms with Crippen LogP contribution in [0.15, 0.2) is 24.3 Å². The average molecular weight is 332 g/mol. The molecule has 0 saturated heterocycles. The van der Waals surface area contributed by atoms with Gasteiger partial charge in [0, 0.05) is 0 Å². The number of amides is 1. The van der Waals surface area contributed by atoms with Gasteiger partial charge in [0.2, 0.25) is 0 Å². The average Bonchev–Trinajstić information content (AvgIpc) is 2.16. The zero-order chi connectivity index (χ0) is 12.2. The van der Waals surface area contributed by atoms with E-state index in [9.17, 15) is 16.7 Å². The molecule has 0 radical (unpaired) electrons. The molecule has 9 heteroatoms. The predicted molar refractivity (Wildman–Crippen MR) is 54.8 cm³/mol. The molecule has 0 aliphatic heterocycles. The summed E-state index contributed by atoms with van der Waals surface area (Å²) in [6, 6.07) is 5.43. The van der Waals surface area contributed by atoms with Gasteiger partial charge in [-0.25, -0.2) is 0 Å². The van der Waals surface area contributed by atoms with Crippen molar-refractivity contribution in [3.63, 3.8) is 0 Å². The zero-order valence-corrected chi connectivity index (χ0v) is 16.3. The maximum Gasteiger partial charge on any atom is 1.00 e. The molecular weight excluding hydrogens is 321 g/mol. The number of primary amides is 1. The first-order chi connectivity index (χ1) is 7.39. The van der Waals surface area contributed by atoms with Crippen LogP contribution < -0.4 is 82.7 Å². The molecule has 0 bridgehead atoms. The molecule has 0 aliphatic rings. The van der Waals surface area contributed by atoms with Crippen LogP contribution in [-0.4, -0.2) is 26.6 Å². The Morgan fingerprint density at radius 1 is 1.22 bits per heavy atom. The zero-order valence-electron chi connectivity index (χ0n) is 10.4. The van der Waals surface area contributed by atoms with Gasteiger partial charge in [0.1, 0.15) is 0 Å². The molecule has 0 aromatic heterocycles. The first-order valence-electron chi connectivity index (χ1n) is 4.54. The number of rotatable bonds is 5. The van der Waals surface area contributed by atoms with Crippen molar-refractivity contribution in [1.29, 1.82) is 0 Å². The van der Waals surface area contributed by atoms with Gasteiger partial charge in [0.15, 0.2) is 0 Å². The molecule has 88 valence electrons. The van der Waals surface area contributed by atoms with Gasteiger partial charge in [0.25, 0.3) is 0 Å². The van der Waals surface area contributed by atoms with E-state index >= 15 is 0 Å². The Morgan fingerprint density at radius 2 is 1.72 bits per heavy atom. The Balaban J connectivity index is 0. The minimum Gasteiger partial charge on any atom is 1.00 e. The predicted octanol–water partition coefficient (Wildman–Crippen LogP) is -8.72. The molecule has 0 saturated carbocycles. The van der Waals surface area contributed by atoms with Crippen molar-refractivity contribution in [3.05, 3.63) is 24.3 Å². The quantitative estimate of drug-likeness (QED) is 0.519. The largest absolute Gasteiger partial charge is 1.00 e. The maximum absolute atomic E-state index is 10.7. The van der Waals surface area contributed by atoms with Crippen LogP contribution in [-0.2, 0) is 8.53 Å². The summed E-state index contributed by atoms with van der Waals surface area (Å²) in [5.74, 6) is -0.420. The number of carbonyl (C=O) groups excluding carboxylic acids is 1. The Kier molecular flexibility index (Phi) is 11.3. The fourth-order valence-electron chi connectivity index (χ4n) is 1.09. The van der Waals surface area contributed by atoms with Gasteiger partial charge in [-0.15, -0.1) is 0 Å². The number of carbonyl (C=O) groups is 1.